The molecule has 1 atom stereocenters. The minimum atomic E-state index is -0.371. The highest BCUT2D eigenvalue weighted by molar-refractivity contribution is 5.88. The second kappa shape index (κ2) is 9.03. The van der Waals surface area contributed by atoms with Crippen LogP contribution in [0.1, 0.15) is 31.2 Å². The quantitative estimate of drug-likeness (QED) is 0.796. The summed E-state index contributed by atoms with van der Waals surface area (Å²) in [5.41, 5.74) is 1.06. The van der Waals surface area contributed by atoms with Crippen molar-refractivity contribution < 1.29 is 9.59 Å². The van der Waals surface area contributed by atoms with Crippen molar-refractivity contribution in [2.24, 2.45) is 0 Å². The van der Waals surface area contributed by atoms with Gasteiger partial charge in [0.2, 0.25) is 17.8 Å². The Kier molecular flexibility index (Phi) is 6.03. The third-order valence-electron chi connectivity index (χ3n) is 5.72. The molecule has 7 heteroatoms. The van der Waals surface area contributed by atoms with E-state index in [-0.39, 0.29) is 17.9 Å². The fourth-order valence-electron chi connectivity index (χ4n) is 4.11. The monoisotopic (exact) mass is 393 g/mol. The number of amides is 2. The molecule has 2 saturated heterocycles. The number of nitrogens with zero attached hydrogens (tertiary/aromatic N) is 5. The van der Waals surface area contributed by atoms with E-state index in [4.69, 9.17) is 0 Å². The van der Waals surface area contributed by atoms with Crippen LogP contribution in [0.5, 0.6) is 0 Å². The predicted octanol–water partition coefficient (Wildman–Crippen LogP) is 2.10. The number of aromatic nitrogens is 2. The first-order valence-corrected chi connectivity index (χ1v) is 10.4. The maximum absolute atomic E-state index is 13.4. The molecule has 7 nitrogen and oxygen atoms in total. The van der Waals surface area contributed by atoms with Crippen molar-refractivity contribution in [1.82, 2.24) is 19.8 Å². The molecule has 1 unspecified atom stereocenters. The van der Waals surface area contributed by atoms with Crippen LogP contribution in [0.15, 0.2) is 48.8 Å². The zero-order valence-corrected chi connectivity index (χ0v) is 16.6. The lowest BCUT2D eigenvalue weighted by Crippen LogP contribution is -2.55. The van der Waals surface area contributed by atoms with Crippen LogP contribution in [0.2, 0.25) is 0 Å². The number of benzene rings is 1. The number of likely N-dealkylation sites (tertiary alicyclic amines) is 1. The maximum atomic E-state index is 13.4. The van der Waals surface area contributed by atoms with Crippen LogP contribution in [0.25, 0.3) is 0 Å². The highest BCUT2D eigenvalue weighted by Gasteiger charge is 2.35. The summed E-state index contributed by atoms with van der Waals surface area (Å²) >= 11 is 0. The molecule has 2 amide bonds. The third kappa shape index (κ3) is 4.55. The summed E-state index contributed by atoms with van der Waals surface area (Å²) < 4.78 is 0. The van der Waals surface area contributed by atoms with Crippen LogP contribution < -0.4 is 4.90 Å². The molecule has 3 heterocycles. The van der Waals surface area contributed by atoms with Crippen LogP contribution in [-0.2, 0) is 16.1 Å². The minimum absolute atomic E-state index is 0.0739. The molecule has 0 spiro atoms. The van der Waals surface area contributed by atoms with Gasteiger partial charge in [-0.3, -0.25) is 9.59 Å². The molecular formula is C22H27N5O2. The first-order valence-electron chi connectivity index (χ1n) is 10.4. The van der Waals surface area contributed by atoms with Crippen LogP contribution >= 0.6 is 0 Å². The van der Waals surface area contributed by atoms with Gasteiger partial charge in [0.25, 0.3) is 0 Å². The second-order valence-electron chi connectivity index (χ2n) is 7.63. The minimum Gasteiger partial charge on any atom is -0.337 e. The zero-order chi connectivity index (χ0) is 20.1. The van der Waals surface area contributed by atoms with Crippen LogP contribution in [0.4, 0.5) is 5.95 Å². The molecule has 0 radical (unpaired) electrons. The Labute approximate surface area is 171 Å². The summed E-state index contributed by atoms with van der Waals surface area (Å²) in [6.07, 6.45) is 6.49. The lowest BCUT2D eigenvalue weighted by atomic mass is 10.1. The molecule has 1 aromatic carbocycles. The van der Waals surface area contributed by atoms with Gasteiger partial charge in [-0.2, -0.15) is 0 Å². The fraction of sp³-hybridized carbons (Fsp3) is 0.455. The highest BCUT2D eigenvalue weighted by Crippen LogP contribution is 2.23. The van der Waals surface area contributed by atoms with Gasteiger partial charge >= 0.3 is 0 Å². The molecule has 0 bridgehead atoms. The van der Waals surface area contributed by atoms with Gasteiger partial charge in [-0.15, -0.1) is 0 Å². The van der Waals surface area contributed by atoms with Crippen molar-refractivity contribution in [2.45, 2.75) is 38.3 Å². The molecule has 29 heavy (non-hydrogen) atoms. The highest BCUT2D eigenvalue weighted by atomic mass is 16.2. The number of anilines is 1. The molecule has 2 aliphatic heterocycles. The molecule has 2 fully saturated rings. The molecule has 0 saturated carbocycles. The Morgan fingerprint density at radius 1 is 0.966 bits per heavy atom. The van der Waals surface area contributed by atoms with Crippen molar-refractivity contribution in [1.29, 1.82) is 0 Å². The molecule has 2 aliphatic rings. The van der Waals surface area contributed by atoms with Gasteiger partial charge in [0.1, 0.15) is 6.04 Å². The van der Waals surface area contributed by atoms with Crippen molar-refractivity contribution in [3.8, 4) is 0 Å². The lowest BCUT2D eigenvalue weighted by Gasteiger charge is -2.38. The summed E-state index contributed by atoms with van der Waals surface area (Å²) in [4.78, 5) is 40.6. The van der Waals surface area contributed by atoms with Gasteiger partial charge in [-0.05, 0) is 24.5 Å². The van der Waals surface area contributed by atoms with E-state index in [1.54, 1.807) is 23.4 Å². The van der Waals surface area contributed by atoms with Crippen molar-refractivity contribution in [2.75, 3.05) is 31.1 Å². The smallest absolute Gasteiger partial charge is 0.245 e. The second-order valence-corrected chi connectivity index (χ2v) is 7.63. The van der Waals surface area contributed by atoms with Gasteiger partial charge in [0, 0.05) is 51.5 Å². The summed E-state index contributed by atoms with van der Waals surface area (Å²) in [5, 5.41) is 0. The predicted molar refractivity (Wildman–Crippen MR) is 110 cm³/mol. The van der Waals surface area contributed by atoms with Gasteiger partial charge in [0.15, 0.2) is 0 Å². The molecule has 2 aromatic rings. The molecule has 152 valence electrons. The van der Waals surface area contributed by atoms with Gasteiger partial charge in [0.05, 0.1) is 0 Å². The molecule has 0 N–H and O–H groups in total. The van der Waals surface area contributed by atoms with Crippen LogP contribution in [0, 0.1) is 0 Å². The molecular weight excluding hydrogens is 366 g/mol. The Morgan fingerprint density at radius 2 is 1.69 bits per heavy atom. The van der Waals surface area contributed by atoms with Gasteiger partial charge in [-0.25, -0.2) is 9.97 Å². The number of rotatable bonds is 4. The van der Waals surface area contributed by atoms with Crippen LogP contribution in [0.3, 0.4) is 0 Å². The fourth-order valence-corrected chi connectivity index (χ4v) is 4.11. The van der Waals surface area contributed by atoms with E-state index in [1.807, 2.05) is 35.2 Å². The molecule has 1 aromatic heterocycles. The van der Waals surface area contributed by atoms with E-state index >= 15 is 0 Å². The average molecular weight is 393 g/mol. The van der Waals surface area contributed by atoms with Crippen LogP contribution in [-0.4, -0.2) is 63.8 Å². The average Bonchev–Trinajstić information content (AvgIpc) is 2.96. The number of carbonyl (C=O) groups excluding carboxylic acids is 2. The van der Waals surface area contributed by atoms with E-state index in [0.717, 1.165) is 24.8 Å². The number of piperazine rings is 1. The van der Waals surface area contributed by atoms with E-state index < -0.39 is 0 Å². The summed E-state index contributed by atoms with van der Waals surface area (Å²) in [6, 6.07) is 11.4. The number of hydrogen-bond acceptors (Lipinski definition) is 5. The standard InChI is InChI=1S/C22H27N5O2/c28-20-10-5-4-9-19(27(20)17-18-7-2-1-3-8-18)21(29)25-13-15-26(16-14-25)22-23-11-6-12-24-22/h1-3,6-8,11-12,19H,4-5,9-10,13-17H2. The van der Waals surface area contributed by atoms with Crippen molar-refractivity contribution >= 4 is 17.8 Å². The Balaban J connectivity index is 1.44. The summed E-state index contributed by atoms with van der Waals surface area (Å²) in [7, 11) is 0. The van der Waals surface area contributed by atoms with E-state index in [1.165, 1.54) is 0 Å². The maximum Gasteiger partial charge on any atom is 0.245 e. The van der Waals surface area contributed by atoms with E-state index in [9.17, 15) is 9.59 Å². The van der Waals surface area contributed by atoms with Gasteiger partial charge in [-0.1, -0.05) is 36.8 Å². The SMILES string of the molecule is O=C(C1CCCCC(=O)N1Cc1ccccc1)N1CCN(c2ncccn2)CC1. The third-order valence-corrected chi connectivity index (χ3v) is 5.72. The summed E-state index contributed by atoms with van der Waals surface area (Å²) in [5.74, 6) is 0.862. The first kappa shape index (κ1) is 19.4. The number of carbonyl (C=O) groups is 2. The normalized spacial score (nSPS) is 20.5. The van der Waals surface area contributed by atoms with Crippen molar-refractivity contribution in [3.05, 3.63) is 54.4 Å². The Hall–Kier alpha value is -2.96. The van der Waals surface area contributed by atoms with Gasteiger partial charge < -0.3 is 14.7 Å². The largest absolute Gasteiger partial charge is 0.337 e. The Bertz CT molecular complexity index is 822. The molecule has 4 rings (SSSR count). The number of hydrogen-bond donors (Lipinski definition) is 0. The Morgan fingerprint density at radius 3 is 2.41 bits per heavy atom. The van der Waals surface area contributed by atoms with Crippen molar-refractivity contribution in [3.63, 3.8) is 0 Å². The van der Waals surface area contributed by atoms with E-state index in [2.05, 4.69) is 14.9 Å². The zero-order valence-electron chi connectivity index (χ0n) is 16.6. The topological polar surface area (TPSA) is 69.6 Å². The molecule has 0 aliphatic carbocycles. The van der Waals surface area contributed by atoms with E-state index in [0.29, 0.717) is 45.1 Å². The lowest BCUT2D eigenvalue weighted by molar-refractivity contribution is -0.146. The first-order chi connectivity index (χ1) is 14.2. The summed E-state index contributed by atoms with van der Waals surface area (Å²) in [6.45, 7) is 3.15.